The SMILES string of the molecule is O=S(Cc1ccc(Cl)s1)Cc1cc(F)cc2c1OCOC2. The highest BCUT2D eigenvalue weighted by atomic mass is 35.5. The Morgan fingerprint density at radius 2 is 2.19 bits per heavy atom. The summed E-state index contributed by atoms with van der Waals surface area (Å²) in [5, 5.41) is 0. The Morgan fingerprint density at radius 1 is 1.33 bits per heavy atom. The van der Waals surface area contributed by atoms with Crippen molar-refractivity contribution in [3.8, 4) is 5.75 Å². The summed E-state index contributed by atoms with van der Waals surface area (Å²) in [6.45, 7) is 0.450. The summed E-state index contributed by atoms with van der Waals surface area (Å²) in [7, 11) is -1.15. The molecule has 0 fully saturated rings. The highest BCUT2D eigenvalue weighted by Crippen LogP contribution is 2.31. The molecule has 7 heteroatoms. The molecule has 2 heterocycles. The van der Waals surface area contributed by atoms with Gasteiger partial charge < -0.3 is 9.47 Å². The van der Waals surface area contributed by atoms with E-state index in [0.29, 0.717) is 33.6 Å². The fraction of sp³-hybridized carbons (Fsp3) is 0.286. The van der Waals surface area contributed by atoms with Crippen LogP contribution in [0.5, 0.6) is 5.75 Å². The minimum absolute atomic E-state index is 0.138. The maximum Gasteiger partial charge on any atom is 0.189 e. The predicted molar refractivity (Wildman–Crippen MR) is 81.6 cm³/mol. The molecule has 21 heavy (non-hydrogen) atoms. The molecule has 2 aromatic rings. The zero-order valence-electron chi connectivity index (χ0n) is 10.9. The standard InChI is InChI=1S/C14H12ClFO3S2/c15-13-2-1-12(20-13)7-21(17)6-10-4-11(16)3-9-5-18-8-19-14(9)10/h1-4H,5-8H2. The van der Waals surface area contributed by atoms with Crippen LogP contribution in [0.4, 0.5) is 4.39 Å². The van der Waals surface area contributed by atoms with E-state index >= 15 is 0 Å². The van der Waals surface area contributed by atoms with E-state index in [0.717, 1.165) is 4.88 Å². The van der Waals surface area contributed by atoms with Crippen molar-refractivity contribution in [1.29, 1.82) is 0 Å². The van der Waals surface area contributed by atoms with Gasteiger partial charge >= 0.3 is 0 Å². The lowest BCUT2D eigenvalue weighted by atomic mass is 10.1. The number of rotatable bonds is 4. The Kier molecular flexibility index (Phi) is 4.59. The van der Waals surface area contributed by atoms with E-state index in [9.17, 15) is 8.60 Å². The quantitative estimate of drug-likeness (QED) is 0.843. The molecule has 0 amide bonds. The summed E-state index contributed by atoms with van der Waals surface area (Å²) >= 11 is 7.26. The molecule has 3 rings (SSSR count). The van der Waals surface area contributed by atoms with Crippen LogP contribution in [0.2, 0.25) is 4.34 Å². The van der Waals surface area contributed by atoms with E-state index in [1.54, 1.807) is 6.07 Å². The molecule has 0 saturated carbocycles. The average molecular weight is 347 g/mol. The molecular formula is C14H12ClFO3S2. The highest BCUT2D eigenvalue weighted by Gasteiger charge is 2.18. The monoisotopic (exact) mass is 346 g/mol. The predicted octanol–water partition coefficient (Wildman–Crippen LogP) is 3.86. The van der Waals surface area contributed by atoms with E-state index in [1.807, 2.05) is 6.07 Å². The lowest BCUT2D eigenvalue weighted by Crippen LogP contribution is -2.14. The van der Waals surface area contributed by atoms with Crippen molar-refractivity contribution in [2.75, 3.05) is 6.79 Å². The molecule has 1 aliphatic heterocycles. The molecule has 112 valence electrons. The lowest BCUT2D eigenvalue weighted by molar-refractivity contribution is -0.0171. The number of hydrogen-bond donors (Lipinski definition) is 0. The zero-order valence-corrected chi connectivity index (χ0v) is 13.3. The third-order valence-corrected chi connectivity index (χ3v) is 5.68. The second-order valence-electron chi connectivity index (χ2n) is 4.60. The summed E-state index contributed by atoms with van der Waals surface area (Å²) in [5.41, 5.74) is 1.28. The molecule has 0 radical (unpaired) electrons. The Hall–Kier alpha value is -0.950. The van der Waals surface area contributed by atoms with Gasteiger partial charge in [0.2, 0.25) is 0 Å². The summed E-state index contributed by atoms with van der Waals surface area (Å²) in [4.78, 5) is 0.952. The minimum atomic E-state index is -1.15. The van der Waals surface area contributed by atoms with Crippen molar-refractivity contribution in [3.63, 3.8) is 0 Å². The molecule has 0 N–H and O–H groups in total. The second-order valence-corrected chi connectivity index (χ2v) is 7.85. The fourth-order valence-corrected chi connectivity index (χ4v) is 4.77. The minimum Gasteiger partial charge on any atom is -0.467 e. The van der Waals surface area contributed by atoms with Crippen LogP contribution in [0.1, 0.15) is 16.0 Å². The first-order valence-electron chi connectivity index (χ1n) is 6.23. The molecule has 0 bridgehead atoms. The Morgan fingerprint density at radius 3 is 2.95 bits per heavy atom. The van der Waals surface area contributed by atoms with Crippen LogP contribution in [0, 0.1) is 5.82 Å². The van der Waals surface area contributed by atoms with Crippen LogP contribution >= 0.6 is 22.9 Å². The van der Waals surface area contributed by atoms with E-state index in [4.69, 9.17) is 21.1 Å². The van der Waals surface area contributed by atoms with Gasteiger partial charge in [0.15, 0.2) is 6.79 Å². The largest absolute Gasteiger partial charge is 0.467 e. The number of thiophene rings is 1. The van der Waals surface area contributed by atoms with Gasteiger partial charge in [0.05, 0.1) is 22.4 Å². The van der Waals surface area contributed by atoms with Crippen molar-refractivity contribution >= 4 is 33.7 Å². The molecule has 1 aliphatic rings. The van der Waals surface area contributed by atoms with Gasteiger partial charge in [-0.15, -0.1) is 11.3 Å². The van der Waals surface area contributed by atoms with Crippen LogP contribution < -0.4 is 4.74 Å². The van der Waals surface area contributed by atoms with Gasteiger partial charge in [-0.1, -0.05) is 11.6 Å². The molecule has 0 saturated heterocycles. The van der Waals surface area contributed by atoms with Crippen molar-refractivity contribution in [2.24, 2.45) is 0 Å². The summed E-state index contributed by atoms with van der Waals surface area (Å²) < 4.78 is 37.1. The van der Waals surface area contributed by atoms with Crippen LogP contribution in [0.25, 0.3) is 0 Å². The van der Waals surface area contributed by atoms with E-state index in [2.05, 4.69) is 0 Å². The Labute approximate surface area is 133 Å². The van der Waals surface area contributed by atoms with Crippen LogP contribution in [-0.2, 0) is 33.6 Å². The number of benzene rings is 1. The maximum atomic E-state index is 13.6. The van der Waals surface area contributed by atoms with Gasteiger partial charge in [-0.3, -0.25) is 4.21 Å². The maximum absolute atomic E-state index is 13.6. The van der Waals surface area contributed by atoms with Gasteiger partial charge in [-0.05, 0) is 24.3 Å². The van der Waals surface area contributed by atoms with E-state index < -0.39 is 10.8 Å². The number of ether oxygens (including phenoxy) is 2. The number of hydrogen-bond acceptors (Lipinski definition) is 4. The Bertz CT molecular complexity index is 687. The fourth-order valence-electron chi connectivity index (χ4n) is 2.18. The van der Waals surface area contributed by atoms with Crippen LogP contribution in [0.3, 0.4) is 0 Å². The normalized spacial score (nSPS) is 15.3. The molecule has 1 atom stereocenters. The first-order chi connectivity index (χ1) is 10.1. The van der Waals surface area contributed by atoms with Gasteiger partial charge in [-0.2, -0.15) is 0 Å². The molecular weight excluding hydrogens is 335 g/mol. The van der Waals surface area contributed by atoms with Crippen molar-refractivity contribution < 1.29 is 18.1 Å². The topological polar surface area (TPSA) is 35.5 Å². The number of halogens is 2. The van der Waals surface area contributed by atoms with E-state index in [1.165, 1.54) is 23.5 Å². The first kappa shape index (κ1) is 15.0. The molecule has 0 spiro atoms. The number of fused-ring (bicyclic) bond motifs is 1. The van der Waals surface area contributed by atoms with Gasteiger partial charge in [-0.25, -0.2) is 4.39 Å². The van der Waals surface area contributed by atoms with Gasteiger partial charge in [0.25, 0.3) is 0 Å². The average Bonchev–Trinajstić information content (AvgIpc) is 2.83. The van der Waals surface area contributed by atoms with Gasteiger partial charge in [0, 0.05) is 26.8 Å². The molecule has 3 nitrogen and oxygen atoms in total. The van der Waals surface area contributed by atoms with Gasteiger partial charge in [0.1, 0.15) is 11.6 Å². The summed E-state index contributed by atoms with van der Waals surface area (Å²) in [5.74, 6) is 0.878. The second kappa shape index (κ2) is 6.44. The summed E-state index contributed by atoms with van der Waals surface area (Å²) in [6.07, 6.45) is 0. The Balaban J connectivity index is 1.78. The smallest absolute Gasteiger partial charge is 0.189 e. The summed E-state index contributed by atoms with van der Waals surface area (Å²) in [6, 6.07) is 6.41. The molecule has 1 unspecified atom stereocenters. The van der Waals surface area contributed by atoms with Crippen LogP contribution in [-0.4, -0.2) is 11.0 Å². The molecule has 1 aromatic heterocycles. The first-order valence-corrected chi connectivity index (χ1v) is 8.91. The molecule has 0 aliphatic carbocycles. The third-order valence-electron chi connectivity index (χ3n) is 3.00. The van der Waals surface area contributed by atoms with Crippen LogP contribution in [0.15, 0.2) is 24.3 Å². The highest BCUT2D eigenvalue weighted by molar-refractivity contribution is 7.83. The lowest BCUT2D eigenvalue weighted by Gasteiger charge is -2.20. The van der Waals surface area contributed by atoms with Crippen molar-refractivity contribution in [1.82, 2.24) is 0 Å². The third kappa shape index (κ3) is 3.63. The van der Waals surface area contributed by atoms with Crippen molar-refractivity contribution in [2.45, 2.75) is 18.1 Å². The molecule has 1 aromatic carbocycles. The van der Waals surface area contributed by atoms with Crippen molar-refractivity contribution in [3.05, 3.63) is 50.4 Å². The zero-order chi connectivity index (χ0) is 14.8. The van der Waals surface area contributed by atoms with E-state index in [-0.39, 0.29) is 18.4 Å².